The predicted molar refractivity (Wildman–Crippen MR) is 82.7 cm³/mol. The molecule has 4 amide bonds. The summed E-state index contributed by atoms with van der Waals surface area (Å²) in [6.07, 6.45) is 6.14. The van der Waals surface area contributed by atoms with Crippen molar-refractivity contribution in [3.8, 4) is 0 Å². The van der Waals surface area contributed by atoms with Gasteiger partial charge >= 0.3 is 6.03 Å². The summed E-state index contributed by atoms with van der Waals surface area (Å²) in [5.41, 5.74) is -0.751. The Kier molecular flexibility index (Phi) is 4.57. The van der Waals surface area contributed by atoms with Crippen molar-refractivity contribution < 1.29 is 19.1 Å². The van der Waals surface area contributed by atoms with Gasteiger partial charge in [-0.25, -0.2) is 4.79 Å². The van der Waals surface area contributed by atoms with Crippen LogP contribution < -0.4 is 5.32 Å². The van der Waals surface area contributed by atoms with Crippen molar-refractivity contribution in [3.05, 3.63) is 0 Å². The van der Waals surface area contributed by atoms with Gasteiger partial charge in [0.05, 0.1) is 6.10 Å². The smallest absolute Gasteiger partial charge is 0.325 e. The number of nitrogens with zero attached hydrogens (tertiary/aromatic N) is 2. The third-order valence-electron chi connectivity index (χ3n) is 5.37. The lowest BCUT2D eigenvalue weighted by Gasteiger charge is -2.32. The lowest BCUT2D eigenvalue weighted by atomic mass is 9.82. The molecule has 0 bridgehead atoms. The number of hydrogen-bond donors (Lipinski definition) is 1. The number of piperidine rings is 1. The minimum atomic E-state index is -0.751. The first-order chi connectivity index (χ1) is 11.1. The molecule has 2 aliphatic heterocycles. The summed E-state index contributed by atoms with van der Waals surface area (Å²) in [6, 6.07) is -0.419. The van der Waals surface area contributed by atoms with E-state index in [2.05, 4.69) is 5.32 Å². The predicted octanol–water partition coefficient (Wildman–Crippen LogP) is 0.878. The van der Waals surface area contributed by atoms with Crippen LogP contribution in [0.2, 0.25) is 0 Å². The number of carbonyl (C=O) groups excluding carboxylic acids is 3. The van der Waals surface area contributed by atoms with Crippen LogP contribution in [0.15, 0.2) is 0 Å². The van der Waals surface area contributed by atoms with E-state index in [1.165, 1.54) is 0 Å². The van der Waals surface area contributed by atoms with E-state index in [1.54, 1.807) is 12.0 Å². The Morgan fingerprint density at radius 2 is 1.87 bits per heavy atom. The number of methoxy groups -OCH3 is 1. The number of ether oxygens (including phenoxy) is 1. The maximum absolute atomic E-state index is 12.7. The highest BCUT2D eigenvalue weighted by molar-refractivity contribution is 6.09. The number of nitrogens with one attached hydrogen (secondary N) is 1. The van der Waals surface area contributed by atoms with Crippen LogP contribution in [0.1, 0.15) is 44.9 Å². The fourth-order valence-corrected chi connectivity index (χ4v) is 3.89. The molecule has 3 rings (SSSR count). The van der Waals surface area contributed by atoms with Gasteiger partial charge in [-0.05, 0) is 25.7 Å². The fraction of sp³-hybridized carbons (Fsp3) is 0.812. The van der Waals surface area contributed by atoms with Gasteiger partial charge < -0.3 is 15.0 Å². The van der Waals surface area contributed by atoms with E-state index in [0.717, 1.165) is 37.0 Å². The third kappa shape index (κ3) is 3.06. The molecule has 23 heavy (non-hydrogen) atoms. The molecule has 0 aromatic carbocycles. The van der Waals surface area contributed by atoms with Crippen LogP contribution in [-0.4, -0.2) is 66.0 Å². The Morgan fingerprint density at radius 1 is 1.22 bits per heavy atom. The Labute approximate surface area is 136 Å². The second-order valence-corrected chi connectivity index (χ2v) is 6.78. The van der Waals surface area contributed by atoms with E-state index in [0.29, 0.717) is 25.9 Å². The maximum Gasteiger partial charge on any atom is 0.325 e. The van der Waals surface area contributed by atoms with E-state index in [1.807, 2.05) is 0 Å². The van der Waals surface area contributed by atoms with E-state index >= 15 is 0 Å². The minimum absolute atomic E-state index is 0.149. The summed E-state index contributed by atoms with van der Waals surface area (Å²) in [5.74, 6) is -0.377. The molecule has 2 saturated heterocycles. The first-order valence-electron chi connectivity index (χ1n) is 8.50. The molecule has 7 heteroatoms. The van der Waals surface area contributed by atoms with Gasteiger partial charge in [0, 0.05) is 20.2 Å². The number of imide groups is 1. The molecule has 3 aliphatic rings. The van der Waals surface area contributed by atoms with Crippen LogP contribution in [0.3, 0.4) is 0 Å². The number of likely N-dealkylation sites (tertiary alicyclic amines) is 1. The van der Waals surface area contributed by atoms with Crippen molar-refractivity contribution in [1.82, 2.24) is 15.1 Å². The van der Waals surface area contributed by atoms with Gasteiger partial charge in [-0.15, -0.1) is 0 Å². The fourth-order valence-electron chi connectivity index (χ4n) is 3.89. The molecule has 3 fully saturated rings. The molecule has 1 aliphatic carbocycles. The van der Waals surface area contributed by atoms with Gasteiger partial charge in [-0.3, -0.25) is 14.5 Å². The van der Waals surface area contributed by atoms with Crippen LogP contribution in [0.4, 0.5) is 4.79 Å². The monoisotopic (exact) mass is 323 g/mol. The van der Waals surface area contributed by atoms with Crippen molar-refractivity contribution in [2.24, 2.45) is 0 Å². The number of amides is 4. The van der Waals surface area contributed by atoms with Crippen LogP contribution in [-0.2, 0) is 14.3 Å². The van der Waals surface area contributed by atoms with Crippen LogP contribution >= 0.6 is 0 Å². The van der Waals surface area contributed by atoms with E-state index < -0.39 is 11.6 Å². The zero-order valence-corrected chi connectivity index (χ0v) is 13.7. The van der Waals surface area contributed by atoms with Crippen molar-refractivity contribution in [2.45, 2.75) is 56.6 Å². The molecule has 1 spiro atoms. The molecule has 0 aromatic rings. The highest BCUT2D eigenvalue weighted by atomic mass is 16.5. The van der Waals surface area contributed by atoms with Gasteiger partial charge in [0.2, 0.25) is 5.91 Å². The lowest BCUT2D eigenvalue weighted by molar-refractivity contribution is -0.140. The van der Waals surface area contributed by atoms with E-state index in [-0.39, 0.29) is 24.5 Å². The highest BCUT2D eigenvalue weighted by Gasteiger charge is 2.51. The summed E-state index contributed by atoms with van der Waals surface area (Å²) >= 11 is 0. The summed E-state index contributed by atoms with van der Waals surface area (Å²) in [7, 11) is 1.68. The Bertz CT molecular complexity index is 494. The Hall–Kier alpha value is -1.63. The Morgan fingerprint density at radius 3 is 2.48 bits per heavy atom. The SMILES string of the molecule is COC1CCN(C(=O)CN2C(=O)NC3(CCCCC3)C2=O)CC1. The molecule has 0 aromatic heterocycles. The topological polar surface area (TPSA) is 79.0 Å². The van der Waals surface area contributed by atoms with Crippen molar-refractivity contribution in [3.63, 3.8) is 0 Å². The van der Waals surface area contributed by atoms with Gasteiger partial charge in [-0.2, -0.15) is 0 Å². The molecule has 0 unspecified atom stereocenters. The summed E-state index contributed by atoms with van der Waals surface area (Å²) in [6.45, 7) is 1.09. The normalized spacial score (nSPS) is 25.1. The van der Waals surface area contributed by atoms with E-state index in [9.17, 15) is 14.4 Å². The number of carbonyl (C=O) groups is 3. The zero-order valence-electron chi connectivity index (χ0n) is 13.7. The second kappa shape index (κ2) is 6.47. The van der Waals surface area contributed by atoms with Gasteiger partial charge in [0.25, 0.3) is 5.91 Å². The molecule has 0 atom stereocenters. The van der Waals surface area contributed by atoms with Gasteiger partial charge in [-0.1, -0.05) is 19.3 Å². The summed E-state index contributed by atoms with van der Waals surface area (Å²) in [4.78, 5) is 40.1. The first kappa shape index (κ1) is 16.2. The molecule has 1 saturated carbocycles. The van der Waals surface area contributed by atoms with Crippen molar-refractivity contribution >= 4 is 17.8 Å². The molecular weight excluding hydrogens is 298 g/mol. The highest BCUT2D eigenvalue weighted by Crippen LogP contribution is 2.33. The Balaban J connectivity index is 1.60. The first-order valence-corrected chi connectivity index (χ1v) is 8.50. The van der Waals surface area contributed by atoms with Gasteiger partial charge in [0.1, 0.15) is 12.1 Å². The molecule has 2 heterocycles. The quantitative estimate of drug-likeness (QED) is 0.782. The molecule has 0 radical (unpaired) electrons. The average molecular weight is 323 g/mol. The maximum atomic E-state index is 12.7. The molecule has 128 valence electrons. The largest absolute Gasteiger partial charge is 0.381 e. The van der Waals surface area contributed by atoms with Crippen LogP contribution in [0.25, 0.3) is 0 Å². The van der Waals surface area contributed by atoms with E-state index in [4.69, 9.17) is 4.74 Å². The summed E-state index contributed by atoms with van der Waals surface area (Å²) < 4.78 is 5.30. The minimum Gasteiger partial charge on any atom is -0.381 e. The average Bonchev–Trinajstić information content (AvgIpc) is 2.80. The summed E-state index contributed by atoms with van der Waals surface area (Å²) in [5, 5.41) is 2.84. The van der Waals surface area contributed by atoms with Crippen LogP contribution in [0.5, 0.6) is 0 Å². The lowest BCUT2D eigenvalue weighted by Crippen LogP contribution is -2.49. The molecular formula is C16H25N3O4. The molecule has 7 nitrogen and oxygen atoms in total. The van der Waals surface area contributed by atoms with Crippen LogP contribution in [0, 0.1) is 0 Å². The second-order valence-electron chi connectivity index (χ2n) is 6.78. The number of urea groups is 1. The van der Waals surface area contributed by atoms with Gasteiger partial charge in [0.15, 0.2) is 0 Å². The van der Waals surface area contributed by atoms with Crippen molar-refractivity contribution in [2.75, 3.05) is 26.7 Å². The standard InChI is InChI=1S/C16H25N3O4/c1-23-12-5-9-18(10-6-12)13(20)11-19-14(21)16(17-15(19)22)7-3-2-4-8-16/h12H,2-11H2,1H3,(H,17,22). The zero-order chi connectivity index (χ0) is 16.4. The third-order valence-corrected chi connectivity index (χ3v) is 5.37. The number of hydrogen-bond acceptors (Lipinski definition) is 4. The van der Waals surface area contributed by atoms with Crippen molar-refractivity contribution in [1.29, 1.82) is 0 Å². The molecule has 1 N–H and O–H groups in total. The number of rotatable bonds is 3.